The Bertz CT molecular complexity index is 4110. The number of nitrogens with two attached hydrogens (primary N) is 2. The first-order valence-electron chi connectivity index (χ1n) is 31.4. The van der Waals surface area contributed by atoms with Gasteiger partial charge in [-0.15, -0.1) is 12.4 Å². The number of aliphatic hydroxyl groups is 6. The number of aliphatic carboxylic acids is 1. The van der Waals surface area contributed by atoms with Crippen LogP contribution < -0.4 is 62.9 Å². The monoisotopic (exact) mass is 1480 g/mol. The van der Waals surface area contributed by atoms with Gasteiger partial charge >= 0.3 is 5.97 Å². The summed E-state index contributed by atoms with van der Waals surface area (Å²) in [5, 5.41) is 131. The molecule has 12 unspecified atom stereocenters. The molecule has 5 aromatic carbocycles. The number of nitrogens with one attached hydrogen (secondary N) is 7. The molecule has 0 aromatic heterocycles. The lowest BCUT2D eigenvalue weighted by Crippen LogP contribution is -2.64. The number of ether oxygens (including phenoxy) is 6. The Morgan fingerprint density at radius 1 is 0.716 bits per heavy atom. The first-order chi connectivity index (χ1) is 47.5. The van der Waals surface area contributed by atoms with Crippen LogP contribution in [-0.2, 0) is 52.6 Å². The van der Waals surface area contributed by atoms with E-state index in [9.17, 15) is 75.0 Å². The van der Waals surface area contributed by atoms with Crippen LogP contribution in [0, 0.1) is 5.41 Å². The van der Waals surface area contributed by atoms with Gasteiger partial charge in [0.25, 0.3) is 0 Å². The van der Waals surface area contributed by atoms with Crippen molar-refractivity contribution >= 4 is 82.9 Å². The Morgan fingerprint density at radius 3 is 1.87 bits per heavy atom. The van der Waals surface area contributed by atoms with Crippen molar-refractivity contribution in [2.45, 2.75) is 157 Å². The number of rotatable bonds is 11. The molecule has 18 atom stereocenters. The zero-order valence-corrected chi connectivity index (χ0v) is 57.3. The van der Waals surface area contributed by atoms with E-state index >= 15 is 14.4 Å². The number of aliphatic hydroxyl groups excluding tert-OH is 6. The maximum atomic E-state index is 16.0. The number of halogens is 3. The summed E-state index contributed by atoms with van der Waals surface area (Å²) >= 11 is 14.1. The number of carboxylic acid groups (broad SMARTS) is 1. The van der Waals surface area contributed by atoms with Gasteiger partial charge < -0.3 is 128 Å². The van der Waals surface area contributed by atoms with Gasteiger partial charge in [-0.05, 0) is 103 Å². The van der Waals surface area contributed by atoms with Crippen LogP contribution in [0.15, 0.2) is 78.9 Å². The van der Waals surface area contributed by atoms with Crippen molar-refractivity contribution in [2.24, 2.45) is 16.9 Å². The Balaban J connectivity index is 0.0000121. The zero-order chi connectivity index (χ0) is 73.8. The van der Waals surface area contributed by atoms with Gasteiger partial charge in [-0.1, -0.05) is 62.2 Å². The van der Waals surface area contributed by atoms with E-state index in [0.29, 0.717) is 0 Å². The molecule has 550 valence electrons. The van der Waals surface area contributed by atoms with E-state index in [-0.39, 0.29) is 46.3 Å². The predicted octanol–water partition coefficient (Wildman–Crippen LogP) is 0.528. The lowest BCUT2D eigenvalue weighted by Gasteiger charge is -2.47. The van der Waals surface area contributed by atoms with Crippen LogP contribution in [0.3, 0.4) is 0 Å². The second-order valence-electron chi connectivity index (χ2n) is 26.3. The molecule has 12 rings (SSSR count). The van der Waals surface area contributed by atoms with Gasteiger partial charge in [0.05, 0.1) is 41.3 Å². The molecular weight excluding hydrogens is 1410 g/mol. The summed E-state index contributed by atoms with van der Waals surface area (Å²) in [5.41, 5.74) is 7.14. The molecule has 7 heterocycles. The zero-order valence-electron chi connectivity index (χ0n) is 54.9. The number of hydrogen-bond acceptors (Lipinski definition) is 25. The molecular formula is C66H76Cl3N9O24. The molecule has 11 bridgehead atoms. The summed E-state index contributed by atoms with van der Waals surface area (Å²) in [6.45, 7) is 7.11. The summed E-state index contributed by atoms with van der Waals surface area (Å²) < 4.78 is 38.3. The molecule has 0 aliphatic carbocycles. The molecule has 5 aromatic rings. The molecule has 7 amide bonds. The minimum atomic E-state index is -2.35. The van der Waals surface area contributed by atoms with Gasteiger partial charge in [0.1, 0.15) is 89.5 Å². The molecule has 0 radical (unpaired) electrons. The highest BCUT2D eigenvalue weighted by atomic mass is 35.5. The van der Waals surface area contributed by atoms with Gasteiger partial charge in [-0.25, -0.2) is 4.79 Å². The van der Waals surface area contributed by atoms with E-state index in [1.807, 2.05) is 0 Å². The van der Waals surface area contributed by atoms with E-state index in [1.54, 1.807) is 20.8 Å². The van der Waals surface area contributed by atoms with Crippen molar-refractivity contribution in [3.63, 3.8) is 0 Å². The number of phenolic OH excluding ortho intramolecular Hbond substituents is 3. The van der Waals surface area contributed by atoms with Crippen molar-refractivity contribution < 1.29 is 118 Å². The van der Waals surface area contributed by atoms with E-state index in [0.717, 1.165) is 66.7 Å². The molecule has 7 aliphatic heterocycles. The highest BCUT2D eigenvalue weighted by molar-refractivity contribution is 6.32. The quantitative estimate of drug-likeness (QED) is 0.0857. The third-order valence-electron chi connectivity index (χ3n) is 17.8. The van der Waals surface area contributed by atoms with Crippen LogP contribution in [0.5, 0.6) is 46.0 Å². The van der Waals surface area contributed by atoms with Crippen LogP contribution in [0.4, 0.5) is 0 Å². The number of benzene rings is 5. The third-order valence-corrected chi connectivity index (χ3v) is 18.4. The Labute approximate surface area is 596 Å². The minimum absolute atomic E-state index is 0. The molecule has 36 heteroatoms. The van der Waals surface area contributed by atoms with Gasteiger partial charge in [0.2, 0.25) is 53.4 Å². The van der Waals surface area contributed by atoms with Crippen LogP contribution >= 0.6 is 35.6 Å². The molecule has 7 aliphatic rings. The SMILES string of the molecule is CNC(C(=O)NC1C(=O)NC(CC(N)=O)C(=O)N[C@@H]2C(=O)N[C@H]3C(=O)N[C@H](C(=O)N[C@H](C(=O)O)c4cc(O)cc(O)c4-c4cc3ccc4O)C(O)c3ccc(c(Cl)c3)Oc3cc2cc(c3OC2OC(CO)C(O)C(O)C2O[C@H]2C[C@](C)(N)C(O)C(C)O2)Oc2ccc(cc2Cl)C1O)C(C)(C)C.Cl. The van der Waals surface area contributed by atoms with Crippen molar-refractivity contribution in [3.05, 3.63) is 117 Å². The van der Waals surface area contributed by atoms with Crippen molar-refractivity contribution in [3.8, 4) is 57.1 Å². The normalized spacial score (nSPS) is 29.3. The molecule has 2 saturated heterocycles. The highest BCUT2D eigenvalue weighted by Crippen LogP contribution is 2.50. The molecule has 0 saturated carbocycles. The molecule has 2 fully saturated rings. The van der Waals surface area contributed by atoms with E-state index in [4.69, 9.17) is 63.1 Å². The number of fused-ring (bicyclic) bond motifs is 15. The fraction of sp³-hybridized carbons (Fsp3) is 0.424. The predicted molar refractivity (Wildman–Crippen MR) is 357 cm³/mol. The summed E-state index contributed by atoms with van der Waals surface area (Å²) in [4.78, 5) is 117. The largest absolute Gasteiger partial charge is 0.508 e. The summed E-state index contributed by atoms with van der Waals surface area (Å²) in [5.74, 6) is -16.0. The highest BCUT2D eigenvalue weighted by Gasteiger charge is 2.52. The first-order valence-corrected chi connectivity index (χ1v) is 32.2. The lowest BCUT2D eigenvalue weighted by atomic mass is 9.86. The number of aromatic hydroxyl groups is 3. The number of likely N-dealkylation sites (N-methyl/N-ethyl adjacent to an activating group) is 1. The van der Waals surface area contributed by atoms with E-state index in [2.05, 4.69) is 37.2 Å². The Kier molecular flexibility index (Phi) is 23.2. The van der Waals surface area contributed by atoms with Gasteiger partial charge in [0.15, 0.2) is 29.9 Å². The number of carbonyl (C=O) groups excluding carboxylic acids is 7. The molecule has 102 heavy (non-hydrogen) atoms. The number of primary amides is 1. The van der Waals surface area contributed by atoms with E-state index < -0.39 is 243 Å². The Morgan fingerprint density at radius 2 is 1.30 bits per heavy atom. The topological polar surface area (TPSA) is 530 Å². The van der Waals surface area contributed by atoms with E-state index in [1.165, 1.54) is 33.0 Å². The Hall–Kier alpha value is -8.91. The van der Waals surface area contributed by atoms with Gasteiger partial charge in [0, 0.05) is 34.7 Å². The van der Waals surface area contributed by atoms with Crippen molar-refractivity contribution in [2.75, 3.05) is 13.7 Å². The standard InChI is InChI=1S/C66H75Cl2N9O24.ClH/c1-23-56(87)66(5,70)21-42(96-23)100-54-52(86)51(85)40(22-78)99-64(54)101-53-38-16-27-17-39(53)98-37-12-9-26(15-32(37)68)50(84)48-61(92)75-46(63(94)95)30-18-28(79)19-35(81)43(30)29-13-24(7-10-34(29)80)44(58(89)76-48)74-59(90)45(27)73-57(88)33(20-41(69)82)72-60(91)47(77-62(93)55(71-6)65(2,3)4)49(83)25-8-11-36(97-38)31(67)14-25;/h7-19,23,33,40,42,44-52,54-56,64,71,78-81,83-87H,20-22,70H2,1-6H3,(H2,69,82)(H,72,91)(H,73,88)(H,74,90)(H,75,92)(H,76,89)(H,77,93)(H,94,95);1H/t23?,33?,40?,42-,44+,45-,46-,47?,48-,49?,50?,51?,52?,54?,55?,56?,64?,66-;/m0./s1. The second-order valence-corrected chi connectivity index (χ2v) is 27.1. The van der Waals surface area contributed by atoms with Crippen LogP contribution in [0.2, 0.25) is 10.0 Å². The number of hydrogen-bond donors (Lipinski definition) is 19. The smallest absolute Gasteiger partial charge is 0.330 e. The molecule has 21 N–H and O–H groups in total. The van der Waals surface area contributed by atoms with Crippen molar-refractivity contribution in [1.82, 2.24) is 37.2 Å². The minimum Gasteiger partial charge on any atom is -0.508 e. The number of amides is 7. The van der Waals surface area contributed by atoms with Crippen LogP contribution in [-0.4, -0.2) is 191 Å². The summed E-state index contributed by atoms with van der Waals surface area (Å²) in [7, 11) is 1.46. The van der Waals surface area contributed by atoms with Gasteiger partial charge in [-0.2, -0.15) is 0 Å². The van der Waals surface area contributed by atoms with Crippen LogP contribution in [0.1, 0.15) is 106 Å². The fourth-order valence-electron chi connectivity index (χ4n) is 12.6. The average Bonchev–Trinajstić information content (AvgIpc) is 0.761. The maximum absolute atomic E-state index is 16.0. The lowest BCUT2D eigenvalue weighted by molar-refractivity contribution is -0.333. The van der Waals surface area contributed by atoms with Gasteiger partial charge in [-0.3, -0.25) is 33.6 Å². The fourth-order valence-corrected chi connectivity index (χ4v) is 13.1. The number of carbonyl (C=O) groups is 8. The number of phenols is 3. The third kappa shape index (κ3) is 16.0. The summed E-state index contributed by atoms with van der Waals surface area (Å²) in [6, 6.07) is -0.815. The molecule has 0 spiro atoms. The maximum Gasteiger partial charge on any atom is 0.330 e. The second kappa shape index (κ2) is 30.6. The summed E-state index contributed by atoms with van der Waals surface area (Å²) in [6.07, 6.45) is -18.8. The average molecular weight is 1490 g/mol. The first kappa shape index (κ1) is 77.3. The van der Waals surface area contributed by atoms with Crippen LogP contribution in [0.25, 0.3) is 11.1 Å². The molecule has 33 nitrogen and oxygen atoms in total. The number of carboxylic acids is 1. The van der Waals surface area contributed by atoms with Crippen molar-refractivity contribution in [1.29, 1.82) is 0 Å².